The van der Waals surface area contributed by atoms with E-state index >= 15 is 0 Å². The molecular weight excluding hydrogens is 208 g/mol. The van der Waals surface area contributed by atoms with Crippen molar-refractivity contribution in [3.63, 3.8) is 0 Å². The molecule has 0 amide bonds. The third-order valence-corrected chi connectivity index (χ3v) is 3.76. The summed E-state index contributed by atoms with van der Waals surface area (Å²) >= 11 is 0. The predicted octanol–water partition coefficient (Wildman–Crippen LogP) is 2.19. The van der Waals surface area contributed by atoms with Crippen molar-refractivity contribution in [1.29, 1.82) is 0 Å². The summed E-state index contributed by atoms with van der Waals surface area (Å²) in [4.78, 5) is 0. The van der Waals surface area contributed by atoms with Gasteiger partial charge in [-0.1, -0.05) is 37.3 Å². The number of rotatable bonds is 7. The average Bonchev–Trinajstić information content (AvgIpc) is 3.19. The van der Waals surface area contributed by atoms with Gasteiger partial charge in [-0.2, -0.15) is 0 Å². The Kier molecular flexibility index (Phi) is 4.57. The standard InChI is InChI=1S/C15H24N2/c1-12(14-7-8-14)11-17-15(10-16)9-13-5-3-2-4-6-13/h2-6,12,14-15,17H,7-11,16H2,1H3. The topological polar surface area (TPSA) is 38.0 Å². The van der Waals surface area contributed by atoms with Crippen molar-refractivity contribution in [2.24, 2.45) is 17.6 Å². The monoisotopic (exact) mass is 232 g/mol. The number of nitrogens with one attached hydrogen (secondary N) is 1. The molecule has 2 rings (SSSR count). The van der Waals surface area contributed by atoms with E-state index in [0.29, 0.717) is 12.6 Å². The quantitative estimate of drug-likeness (QED) is 0.756. The Balaban J connectivity index is 1.76. The highest BCUT2D eigenvalue weighted by atomic mass is 14.9. The molecule has 0 aromatic heterocycles. The molecule has 1 aromatic carbocycles. The second kappa shape index (κ2) is 6.18. The van der Waals surface area contributed by atoms with Crippen molar-refractivity contribution in [3.8, 4) is 0 Å². The van der Waals surface area contributed by atoms with Crippen LogP contribution in [0, 0.1) is 11.8 Å². The van der Waals surface area contributed by atoms with Gasteiger partial charge in [0.25, 0.3) is 0 Å². The lowest BCUT2D eigenvalue weighted by Crippen LogP contribution is -2.40. The van der Waals surface area contributed by atoms with E-state index in [4.69, 9.17) is 5.73 Å². The molecule has 94 valence electrons. The van der Waals surface area contributed by atoms with Crippen molar-refractivity contribution >= 4 is 0 Å². The summed E-state index contributed by atoms with van der Waals surface area (Å²) < 4.78 is 0. The average molecular weight is 232 g/mol. The molecule has 1 aliphatic carbocycles. The lowest BCUT2D eigenvalue weighted by molar-refractivity contribution is 0.415. The van der Waals surface area contributed by atoms with Gasteiger partial charge in [-0.15, -0.1) is 0 Å². The third-order valence-electron chi connectivity index (χ3n) is 3.76. The molecule has 2 unspecified atom stereocenters. The Bertz CT molecular complexity index is 319. The minimum absolute atomic E-state index is 0.415. The number of nitrogens with two attached hydrogens (primary N) is 1. The first-order chi connectivity index (χ1) is 8.29. The molecule has 0 bridgehead atoms. The van der Waals surface area contributed by atoms with Crippen molar-refractivity contribution in [3.05, 3.63) is 35.9 Å². The zero-order chi connectivity index (χ0) is 12.1. The van der Waals surface area contributed by atoms with Crippen LogP contribution in [0.5, 0.6) is 0 Å². The molecule has 2 heteroatoms. The zero-order valence-electron chi connectivity index (χ0n) is 10.7. The molecule has 1 aromatic rings. The van der Waals surface area contributed by atoms with E-state index < -0.39 is 0 Å². The molecular formula is C15H24N2. The van der Waals surface area contributed by atoms with Gasteiger partial charge in [0.1, 0.15) is 0 Å². The second-order valence-electron chi connectivity index (χ2n) is 5.35. The van der Waals surface area contributed by atoms with Crippen molar-refractivity contribution < 1.29 is 0 Å². The van der Waals surface area contributed by atoms with Gasteiger partial charge in [0.15, 0.2) is 0 Å². The van der Waals surface area contributed by atoms with E-state index in [1.165, 1.54) is 18.4 Å². The largest absolute Gasteiger partial charge is 0.329 e. The summed E-state index contributed by atoms with van der Waals surface area (Å²) in [5.74, 6) is 1.78. The Morgan fingerprint density at radius 1 is 1.29 bits per heavy atom. The maximum atomic E-state index is 5.84. The molecule has 2 atom stereocenters. The fourth-order valence-corrected chi connectivity index (χ4v) is 2.32. The number of hydrogen-bond acceptors (Lipinski definition) is 2. The molecule has 17 heavy (non-hydrogen) atoms. The molecule has 1 fully saturated rings. The van der Waals surface area contributed by atoms with Gasteiger partial charge in [-0.25, -0.2) is 0 Å². The molecule has 1 aliphatic rings. The van der Waals surface area contributed by atoms with Gasteiger partial charge in [0.2, 0.25) is 0 Å². The van der Waals surface area contributed by atoms with Crippen LogP contribution in [-0.4, -0.2) is 19.1 Å². The first kappa shape index (κ1) is 12.6. The lowest BCUT2D eigenvalue weighted by Gasteiger charge is -2.19. The van der Waals surface area contributed by atoms with E-state index in [-0.39, 0.29) is 0 Å². The Hall–Kier alpha value is -0.860. The Labute approximate surface area is 105 Å². The molecule has 0 spiro atoms. The summed E-state index contributed by atoms with van der Waals surface area (Å²) in [5, 5.41) is 3.61. The summed E-state index contributed by atoms with van der Waals surface area (Å²) in [6.07, 6.45) is 3.89. The Morgan fingerprint density at radius 3 is 2.59 bits per heavy atom. The van der Waals surface area contributed by atoms with E-state index in [0.717, 1.165) is 24.8 Å². The van der Waals surface area contributed by atoms with Gasteiger partial charge in [0, 0.05) is 12.6 Å². The van der Waals surface area contributed by atoms with Gasteiger partial charge in [-0.05, 0) is 43.2 Å². The summed E-state index contributed by atoms with van der Waals surface area (Å²) in [6.45, 7) is 4.17. The molecule has 0 radical (unpaired) electrons. The normalized spacial score (nSPS) is 18.9. The lowest BCUT2D eigenvalue weighted by atomic mass is 10.0. The van der Waals surface area contributed by atoms with E-state index in [1.54, 1.807) is 0 Å². The van der Waals surface area contributed by atoms with Gasteiger partial charge >= 0.3 is 0 Å². The van der Waals surface area contributed by atoms with Gasteiger partial charge < -0.3 is 11.1 Å². The summed E-state index contributed by atoms with van der Waals surface area (Å²) in [6, 6.07) is 11.0. The Morgan fingerprint density at radius 2 is 2.00 bits per heavy atom. The van der Waals surface area contributed by atoms with Crippen LogP contribution >= 0.6 is 0 Å². The zero-order valence-corrected chi connectivity index (χ0v) is 10.7. The first-order valence-electron chi connectivity index (χ1n) is 6.77. The van der Waals surface area contributed by atoms with Gasteiger partial charge in [0.05, 0.1) is 0 Å². The minimum Gasteiger partial charge on any atom is -0.329 e. The van der Waals surface area contributed by atoms with Crippen LogP contribution in [0.2, 0.25) is 0 Å². The second-order valence-corrected chi connectivity index (χ2v) is 5.35. The van der Waals surface area contributed by atoms with Crippen LogP contribution in [-0.2, 0) is 6.42 Å². The first-order valence-corrected chi connectivity index (χ1v) is 6.77. The molecule has 0 aliphatic heterocycles. The smallest absolute Gasteiger partial charge is 0.0230 e. The van der Waals surface area contributed by atoms with Gasteiger partial charge in [-0.3, -0.25) is 0 Å². The summed E-state index contributed by atoms with van der Waals surface area (Å²) in [5.41, 5.74) is 7.21. The fourth-order valence-electron chi connectivity index (χ4n) is 2.32. The maximum Gasteiger partial charge on any atom is 0.0230 e. The molecule has 0 heterocycles. The maximum absolute atomic E-state index is 5.84. The van der Waals surface area contributed by atoms with Crippen LogP contribution in [0.3, 0.4) is 0 Å². The molecule has 3 N–H and O–H groups in total. The van der Waals surface area contributed by atoms with Crippen LogP contribution < -0.4 is 11.1 Å². The third kappa shape index (κ3) is 4.14. The van der Waals surface area contributed by atoms with Crippen molar-refractivity contribution in [2.75, 3.05) is 13.1 Å². The SMILES string of the molecule is CC(CNC(CN)Cc1ccccc1)C1CC1. The fraction of sp³-hybridized carbons (Fsp3) is 0.600. The highest BCUT2D eigenvalue weighted by molar-refractivity contribution is 5.16. The van der Waals surface area contributed by atoms with Crippen molar-refractivity contribution in [2.45, 2.75) is 32.2 Å². The van der Waals surface area contributed by atoms with E-state index in [1.807, 2.05) is 0 Å². The van der Waals surface area contributed by atoms with Crippen LogP contribution in [0.25, 0.3) is 0 Å². The van der Waals surface area contributed by atoms with E-state index in [9.17, 15) is 0 Å². The molecule has 2 nitrogen and oxygen atoms in total. The predicted molar refractivity (Wildman–Crippen MR) is 72.9 cm³/mol. The van der Waals surface area contributed by atoms with E-state index in [2.05, 4.69) is 42.6 Å². The number of hydrogen-bond donors (Lipinski definition) is 2. The highest BCUT2D eigenvalue weighted by Gasteiger charge is 2.27. The minimum atomic E-state index is 0.415. The van der Waals surface area contributed by atoms with Crippen LogP contribution in [0.1, 0.15) is 25.3 Å². The van der Waals surface area contributed by atoms with Crippen LogP contribution in [0.15, 0.2) is 30.3 Å². The van der Waals surface area contributed by atoms with Crippen LogP contribution in [0.4, 0.5) is 0 Å². The highest BCUT2D eigenvalue weighted by Crippen LogP contribution is 2.36. The molecule has 1 saturated carbocycles. The number of benzene rings is 1. The molecule has 0 saturated heterocycles. The van der Waals surface area contributed by atoms with Crippen molar-refractivity contribution in [1.82, 2.24) is 5.32 Å². The summed E-state index contributed by atoms with van der Waals surface area (Å²) in [7, 11) is 0.